The van der Waals surface area contributed by atoms with Gasteiger partial charge < -0.3 is 25.0 Å². The fourth-order valence-corrected chi connectivity index (χ4v) is 2.32. The monoisotopic (exact) mass is 305 g/mol. The SMILES string of the molecule is O=Cc1ccc([C@H](O)[C@H](O)CO)n1CCc1ccc(O)cc1. The summed E-state index contributed by atoms with van der Waals surface area (Å²) < 4.78 is 1.61. The van der Waals surface area contributed by atoms with Gasteiger partial charge in [0.05, 0.1) is 12.3 Å². The number of nitrogens with zero attached hydrogens (tertiary/aromatic N) is 1. The maximum Gasteiger partial charge on any atom is 0.166 e. The van der Waals surface area contributed by atoms with Gasteiger partial charge in [0.2, 0.25) is 0 Å². The summed E-state index contributed by atoms with van der Waals surface area (Å²) in [7, 11) is 0. The predicted octanol–water partition coefficient (Wildman–Crippen LogP) is 0.635. The molecule has 1 aromatic heterocycles. The first-order valence-electron chi connectivity index (χ1n) is 6.96. The number of rotatable bonds is 7. The van der Waals surface area contributed by atoms with Crippen LogP contribution in [0, 0.1) is 0 Å². The molecular weight excluding hydrogens is 286 g/mol. The molecule has 6 heteroatoms. The minimum absolute atomic E-state index is 0.181. The minimum Gasteiger partial charge on any atom is -0.508 e. The molecule has 0 aliphatic heterocycles. The average Bonchev–Trinajstić information content (AvgIpc) is 2.95. The number of hydrogen-bond donors (Lipinski definition) is 4. The molecule has 6 nitrogen and oxygen atoms in total. The quantitative estimate of drug-likeness (QED) is 0.562. The van der Waals surface area contributed by atoms with E-state index in [1.54, 1.807) is 41.0 Å². The number of aromatic hydroxyl groups is 1. The number of carbonyl (C=O) groups is 1. The smallest absolute Gasteiger partial charge is 0.166 e. The molecule has 118 valence electrons. The fourth-order valence-electron chi connectivity index (χ4n) is 2.32. The predicted molar refractivity (Wildman–Crippen MR) is 79.7 cm³/mol. The van der Waals surface area contributed by atoms with Crippen molar-refractivity contribution < 1.29 is 25.2 Å². The van der Waals surface area contributed by atoms with Gasteiger partial charge in [-0.25, -0.2) is 0 Å². The highest BCUT2D eigenvalue weighted by molar-refractivity contribution is 5.72. The number of phenolic OH excluding ortho intramolecular Hbond substituents is 1. The normalized spacial score (nSPS) is 13.8. The lowest BCUT2D eigenvalue weighted by Gasteiger charge is -2.19. The number of hydrogen-bond acceptors (Lipinski definition) is 5. The van der Waals surface area contributed by atoms with E-state index < -0.39 is 18.8 Å². The molecule has 0 aliphatic rings. The van der Waals surface area contributed by atoms with Crippen LogP contribution in [0.2, 0.25) is 0 Å². The number of aromatic nitrogens is 1. The lowest BCUT2D eigenvalue weighted by molar-refractivity contribution is -0.0189. The third kappa shape index (κ3) is 3.54. The molecule has 0 amide bonds. The van der Waals surface area contributed by atoms with Crippen LogP contribution in [0.3, 0.4) is 0 Å². The summed E-state index contributed by atoms with van der Waals surface area (Å²) in [6.07, 6.45) is -1.30. The zero-order chi connectivity index (χ0) is 16.1. The molecule has 1 aromatic carbocycles. The lowest BCUT2D eigenvalue weighted by atomic mass is 10.1. The van der Waals surface area contributed by atoms with Crippen molar-refractivity contribution in [2.24, 2.45) is 0 Å². The van der Waals surface area contributed by atoms with Crippen LogP contribution in [0.15, 0.2) is 36.4 Å². The zero-order valence-corrected chi connectivity index (χ0v) is 12.0. The van der Waals surface area contributed by atoms with E-state index in [4.69, 9.17) is 5.11 Å². The van der Waals surface area contributed by atoms with E-state index in [-0.39, 0.29) is 5.75 Å². The third-order valence-electron chi connectivity index (χ3n) is 3.58. The Morgan fingerprint density at radius 3 is 2.36 bits per heavy atom. The fraction of sp³-hybridized carbons (Fsp3) is 0.312. The van der Waals surface area contributed by atoms with Crippen LogP contribution in [0.4, 0.5) is 0 Å². The Hall–Kier alpha value is -2.15. The van der Waals surface area contributed by atoms with E-state index >= 15 is 0 Å². The van der Waals surface area contributed by atoms with Crippen LogP contribution >= 0.6 is 0 Å². The van der Waals surface area contributed by atoms with E-state index in [0.29, 0.717) is 30.6 Å². The van der Waals surface area contributed by atoms with Gasteiger partial charge in [-0.2, -0.15) is 0 Å². The Morgan fingerprint density at radius 1 is 1.09 bits per heavy atom. The van der Waals surface area contributed by atoms with Crippen molar-refractivity contribution in [3.05, 3.63) is 53.3 Å². The first-order chi connectivity index (χ1) is 10.6. The van der Waals surface area contributed by atoms with Gasteiger partial charge in [0.1, 0.15) is 18.0 Å². The number of phenols is 1. The van der Waals surface area contributed by atoms with E-state index in [1.807, 2.05) is 0 Å². The maximum absolute atomic E-state index is 11.1. The highest BCUT2D eigenvalue weighted by atomic mass is 16.4. The van der Waals surface area contributed by atoms with Crippen LogP contribution in [0.25, 0.3) is 0 Å². The van der Waals surface area contributed by atoms with E-state index in [2.05, 4.69) is 0 Å². The Bertz CT molecular complexity index is 620. The number of carbonyl (C=O) groups excluding carboxylic acids is 1. The number of aldehydes is 1. The van der Waals surface area contributed by atoms with E-state index in [1.165, 1.54) is 0 Å². The van der Waals surface area contributed by atoms with Crippen LogP contribution in [0.1, 0.15) is 27.8 Å². The molecule has 22 heavy (non-hydrogen) atoms. The summed E-state index contributed by atoms with van der Waals surface area (Å²) in [6, 6.07) is 9.83. The van der Waals surface area contributed by atoms with Crippen molar-refractivity contribution >= 4 is 6.29 Å². The van der Waals surface area contributed by atoms with E-state index in [0.717, 1.165) is 5.56 Å². The molecule has 0 fully saturated rings. The van der Waals surface area contributed by atoms with Gasteiger partial charge in [-0.15, -0.1) is 0 Å². The van der Waals surface area contributed by atoms with Crippen molar-refractivity contribution in [2.75, 3.05) is 6.61 Å². The molecule has 0 aliphatic carbocycles. The Morgan fingerprint density at radius 2 is 1.77 bits per heavy atom. The summed E-state index contributed by atoms with van der Waals surface area (Å²) in [6.45, 7) is -0.142. The van der Waals surface area contributed by atoms with Crippen molar-refractivity contribution in [2.45, 2.75) is 25.2 Å². The Balaban J connectivity index is 2.19. The molecule has 0 bridgehead atoms. The lowest BCUT2D eigenvalue weighted by Crippen LogP contribution is -2.25. The van der Waals surface area contributed by atoms with Crippen molar-refractivity contribution in [1.82, 2.24) is 4.57 Å². The van der Waals surface area contributed by atoms with Gasteiger partial charge in [-0.1, -0.05) is 12.1 Å². The third-order valence-corrected chi connectivity index (χ3v) is 3.58. The number of benzene rings is 1. The summed E-state index contributed by atoms with van der Waals surface area (Å²) in [4.78, 5) is 11.1. The number of aryl methyl sites for hydroxylation is 1. The van der Waals surface area contributed by atoms with Gasteiger partial charge in [0.25, 0.3) is 0 Å². The Kier molecular flexibility index (Phi) is 5.32. The molecule has 0 saturated heterocycles. The van der Waals surface area contributed by atoms with Crippen molar-refractivity contribution in [3.63, 3.8) is 0 Å². The topological polar surface area (TPSA) is 103 Å². The molecule has 0 saturated carbocycles. The van der Waals surface area contributed by atoms with Gasteiger partial charge in [0, 0.05) is 12.2 Å². The molecule has 2 rings (SSSR count). The molecule has 4 N–H and O–H groups in total. The highest BCUT2D eigenvalue weighted by Crippen LogP contribution is 2.21. The minimum atomic E-state index is -1.30. The van der Waals surface area contributed by atoms with Crippen molar-refractivity contribution in [3.8, 4) is 5.75 Å². The molecule has 2 atom stereocenters. The number of aliphatic hydroxyl groups is 3. The van der Waals surface area contributed by atoms with Crippen LogP contribution in [-0.2, 0) is 13.0 Å². The van der Waals surface area contributed by atoms with Crippen LogP contribution in [0.5, 0.6) is 5.75 Å². The molecular formula is C16H19NO5. The highest BCUT2D eigenvalue weighted by Gasteiger charge is 2.22. The molecule has 0 radical (unpaired) electrons. The summed E-state index contributed by atoms with van der Waals surface area (Å²) in [5.41, 5.74) is 1.73. The van der Waals surface area contributed by atoms with Crippen LogP contribution in [-0.4, -0.2) is 44.0 Å². The Labute approximate surface area is 127 Å². The second kappa shape index (κ2) is 7.22. The number of aliphatic hydroxyl groups excluding tert-OH is 3. The first kappa shape index (κ1) is 16.2. The van der Waals surface area contributed by atoms with Gasteiger partial charge >= 0.3 is 0 Å². The molecule has 0 unspecified atom stereocenters. The summed E-state index contributed by atoms with van der Waals surface area (Å²) >= 11 is 0. The second-order valence-electron chi connectivity index (χ2n) is 5.06. The van der Waals surface area contributed by atoms with Gasteiger partial charge in [0.15, 0.2) is 6.29 Å². The van der Waals surface area contributed by atoms with E-state index in [9.17, 15) is 20.1 Å². The second-order valence-corrected chi connectivity index (χ2v) is 5.06. The van der Waals surface area contributed by atoms with Gasteiger partial charge in [-0.3, -0.25) is 4.79 Å². The molecule has 0 spiro atoms. The zero-order valence-electron chi connectivity index (χ0n) is 12.0. The molecule has 2 aromatic rings. The van der Waals surface area contributed by atoms with Crippen LogP contribution < -0.4 is 0 Å². The largest absolute Gasteiger partial charge is 0.508 e. The molecule has 1 heterocycles. The standard InChI is InChI=1S/C16H19NO5/c18-9-12-3-6-14(16(22)15(21)10-19)17(12)8-7-11-1-4-13(20)5-2-11/h1-6,9,15-16,19-22H,7-8,10H2/t15-,16+/m1/s1. The average molecular weight is 305 g/mol. The van der Waals surface area contributed by atoms with Gasteiger partial charge in [-0.05, 0) is 36.2 Å². The maximum atomic E-state index is 11.1. The summed E-state index contributed by atoms with van der Waals surface area (Å²) in [5.74, 6) is 0.181. The first-order valence-corrected chi connectivity index (χ1v) is 6.96. The summed E-state index contributed by atoms with van der Waals surface area (Å²) in [5, 5.41) is 37.8. The van der Waals surface area contributed by atoms with Crippen molar-refractivity contribution in [1.29, 1.82) is 0 Å².